The summed E-state index contributed by atoms with van der Waals surface area (Å²) in [5.41, 5.74) is 0. The van der Waals surface area contributed by atoms with E-state index in [2.05, 4.69) is 0 Å². The molecule has 0 bridgehead atoms. The van der Waals surface area contributed by atoms with E-state index in [0.29, 0.717) is 0 Å². The first-order chi connectivity index (χ1) is 5.31. The minimum Gasteiger partial charge on any atom is -0.207 e. The van der Waals surface area contributed by atoms with Gasteiger partial charge in [-0.05, 0) is 31.9 Å². The molecular formula is C10H15F. The first kappa shape index (κ1) is 10.2. The Morgan fingerprint density at radius 1 is 1.36 bits per heavy atom. The van der Waals surface area contributed by atoms with Crippen LogP contribution in [0.1, 0.15) is 26.7 Å². The fraction of sp³-hybridized carbons (Fsp3) is 0.400. The predicted octanol–water partition coefficient (Wildman–Crippen LogP) is 3.77. The number of rotatable bonds is 4. The van der Waals surface area contributed by atoms with Gasteiger partial charge in [-0.1, -0.05) is 25.2 Å². The van der Waals surface area contributed by atoms with Crippen LogP contribution >= 0.6 is 0 Å². The molecule has 0 N–H and O–H groups in total. The minimum absolute atomic E-state index is 0.142. The Morgan fingerprint density at radius 2 is 2.09 bits per heavy atom. The molecule has 0 aromatic rings. The van der Waals surface area contributed by atoms with Crippen molar-refractivity contribution in [2.24, 2.45) is 0 Å². The second-order valence-electron chi connectivity index (χ2n) is 2.20. The van der Waals surface area contributed by atoms with Gasteiger partial charge in [0.15, 0.2) is 0 Å². The predicted molar refractivity (Wildman–Crippen MR) is 48.1 cm³/mol. The van der Waals surface area contributed by atoms with Crippen molar-refractivity contribution >= 4 is 0 Å². The second-order valence-corrected chi connectivity index (χ2v) is 2.20. The Balaban J connectivity index is 3.64. The van der Waals surface area contributed by atoms with Gasteiger partial charge in [0, 0.05) is 0 Å². The van der Waals surface area contributed by atoms with Crippen LogP contribution in [0.5, 0.6) is 0 Å². The Kier molecular flexibility index (Phi) is 6.70. The van der Waals surface area contributed by atoms with Crippen LogP contribution in [-0.4, -0.2) is 0 Å². The average Bonchev–Trinajstić information content (AvgIpc) is 1.99. The van der Waals surface area contributed by atoms with Crippen molar-refractivity contribution in [2.75, 3.05) is 0 Å². The summed E-state index contributed by atoms with van der Waals surface area (Å²) in [5.74, 6) is -0.142. The smallest absolute Gasteiger partial charge is 0.118 e. The summed E-state index contributed by atoms with van der Waals surface area (Å²) in [6, 6.07) is 0. The monoisotopic (exact) mass is 154 g/mol. The lowest BCUT2D eigenvalue weighted by atomic mass is 10.3. The normalized spacial score (nSPS) is 13.5. The maximum Gasteiger partial charge on any atom is 0.118 e. The van der Waals surface area contributed by atoms with Crippen molar-refractivity contribution in [1.82, 2.24) is 0 Å². The van der Waals surface area contributed by atoms with Crippen LogP contribution in [0.3, 0.4) is 0 Å². The van der Waals surface area contributed by atoms with E-state index >= 15 is 0 Å². The van der Waals surface area contributed by atoms with Gasteiger partial charge in [-0.15, -0.1) is 0 Å². The summed E-state index contributed by atoms with van der Waals surface area (Å²) in [6.45, 7) is 3.87. The molecule has 0 fully saturated rings. The van der Waals surface area contributed by atoms with E-state index in [-0.39, 0.29) is 5.83 Å². The molecule has 0 aliphatic rings. The van der Waals surface area contributed by atoms with Crippen molar-refractivity contribution in [1.29, 1.82) is 0 Å². The van der Waals surface area contributed by atoms with Gasteiger partial charge in [-0.2, -0.15) is 0 Å². The largest absolute Gasteiger partial charge is 0.207 e. The van der Waals surface area contributed by atoms with Crippen LogP contribution in [0.4, 0.5) is 4.39 Å². The summed E-state index contributed by atoms with van der Waals surface area (Å²) >= 11 is 0. The summed E-state index contributed by atoms with van der Waals surface area (Å²) in [5, 5.41) is 0. The standard InChI is InChI=1S/C10H15F/c1-3-5-6-7-9-10(11)8-4-2/h3,5,7-9H,4,6H2,1-2H3/b5-3?,9-7-,10-8+. The molecule has 0 atom stereocenters. The molecule has 0 saturated heterocycles. The average molecular weight is 154 g/mol. The molecule has 0 saturated carbocycles. The first-order valence-electron chi connectivity index (χ1n) is 3.94. The van der Waals surface area contributed by atoms with Gasteiger partial charge >= 0.3 is 0 Å². The van der Waals surface area contributed by atoms with Crippen molar-refractivity contribution in [3.63, 3.8) is 0 Å². The minimum atomic E-state index is -0.142. The van der Waals surface area contributed by atoms with E-state index in [1.54, 1.807) is 6.08 Å². The van der Waals surface area contributed by atoms with Crippen LogP contribution < -0.4 is 0 Å². The zero-order valence-electron chi connectivity index (χ0n) is 7.18. The van der Waals surface area contributed by atoms with E-state index in [1.165, 1.54) is 6.08 Å². The molecule has 0 aromatic carbocycles. The third-order valence-electron chi connectivity index (χ3n) is 1.18. The summed E-state index contributed by atoms with van der Waals surface area (Å²) < 4.78 is 12.6. The lowest BCUT2D eigenvalue weighted by Crippen LogP contribution is -1.65. The molecule has 0 radical (unpaired) electrons. The van der Waals surface area contributed by atoms with E-state index in [0.717, 1.165) is 12.8 Å². The van der Waals surface area contributed by atoms with Crippen LogP contribution in [0.15, 0.2) is 36.2 Å². The summed E-state index contributed by atoms with van der Waals surface area (Å²) in [7, 11) is 0. The van der Waals surface area contributed by atoms with E-state index < -0.39 is 0 Å². The summed E-state index contributed by atoms with van der Waals surface area (Å²) in [4.78, 5) is 0. The maximum absolute atomic E-state index is 12.6. The van der Waals surface area contributed by atoms with Gasteiger partial charge in [-0.3, -0.25) is 0 Å². The number of hydrogen-bond donors (Lipinski definition) is 0. The maximum atomic E-state index is 12.6. The lowest BCUT2D eigenvalue weighted by Gasteiger charge is -1.84. The van der Waals surface area contributed by atoms with Gasteiger partial charge in [0.2, 0.25) is 0 Å². The molecule has 0 aliphatic carbocycles. The van der Waals surface area contributed by atoms with Crippen LogP contribution in [0, 0.1) is 0 Å². The molecule has 1 heteroatoms. The lowest BCUT2D eigenvalue weighted by molar-refractivity contribution is 0.660. The van der Waals surface area contributed by atoms with Crippen molar-refractivity contribution < 1.29 is 4.39 Å². The summed E-state index contributed by atoms with van der Waals surface area (Å²) in [6.07, 6.45) is 10.4. The topological polar surface area (TPSA) is 0 Å². The van der Waals surface area contributed by atoms with Crippen molar-refractivity contribution in [2.45, 2.75) is 26.7 Å². The highest BCUT2D eigenvalue weighted by atomic mass is 19.1. The molecule has 0 aliphatic heterocycles. The Labute approximate surface area is 68.1 Å². The zero-order chi connectivity index (χ0) is 8.53. The molecule has 0 aromatic heterocycles. The number of allylic oxidation sites excluding steroid dienone is 6. The van der Waals surface area contributed by atoms with Crippen molar-refractivity contribution in [3.8, 4) is 0 Å². The van der Waals surface area contributed by atoms with Crippen molar-refractivity contribution in [3.05, 3.63) is 36.2 Å². The van der Waals surface area contributed by atoms with Crippen LogP contribution in [0.25, 0.3) is 0 Å². The third-order valence-corrected chi connectivity index (χ3v) is 1.18. The van der Waals surface area contributed by atoms with Gasteiger partial charge in [0.1, 0.15) is 5.83 Å². The highest BCUT2D eigenvalue weighted by Gasteiger charge is 1.81. The molecule has 0 amide bonds. The molecule has 0 rings (SSSR count). The fourth-order valence-electron chi connectivity index (χ4n) is 0.658. The highest BCUT2D eigenvalue weighted by Crippen LogP contribution is 2.00. The molecule has 62 valence electrons. The fourth-order valence-corrected chi connectivity index (χ4v) is 0.658. The Bertz CT molecular complexity index is 164. The quantitative estimate of drug-likeness (QED) is 0.427. The van der Waals surface area contributed by atoms with E-state index in [4.69, 9.17) is 0 Å². The molecule has 0 heterocycles. The zero-order valence-corrected chi connectivity index (χ0v) is 7.18. The number of hydrogen-bond acceptors (Lipinski definition) is 0. The highest BCUT2D eigenvalue weighted by molar-refractivity contribution is 5.11. The van der Waals surface area contributed by atoms with Gasteiger partial charge in [-0.25, -0.2) is 4.39 Å². The van der Waals surface area contributed by atoms with Gasteiger partial charge in [0.05, 0.1) is 0 Å². The molecule has 0 nitrogen and oxygen atoms in total. The molecule has 0 spiro atoms. The second kappa shape index (κ2) is 7.26. The van der Waals surface area contributed by atoms with Gasteiger partial charge in [0.25, 0.3) is 0 Å². The first-order valence-corrected chi connectivity index (χ1v) is 3.94. The Hall–Kier alpha value is -0.850. The number of halogens is 1. The SMILES string of the molecule is CC=CC/C=C\C(F)=C/CC. The molecular weight excluding hydrogens is 139 g/mol. The molecule has 0 unspecified atom stereocenters. The van der Waals surface area contributed by atoms with Crippen LogP contribution in [-0.2, 0) is 0 Å². The van der Waals surface area contributed by atoms with E-state index in [9.17, 15) is 4.39 Å². The Morgan fingerprint density at radius 3 is 2.64 bits per heavy atom. The van der Waals surface area contributed by atoms with E-state index in [1.807, 2.05) is 32.1 Å². The third kappa shape index (κ3) is 7.04. The van der Waals surface area contributed by atoms with Crippen LogP contribution in [0.2, 0.25) is 0 Å². The van der Waals surface area contributed by atoms with Gasteiger partial charge < -0.3 is 0 Å². The molecule has 11 heavy (non-hydrogen) atoms.